The van der Waals surface area contributed by atoms with Crippen molar-refractivity contribution in [2.45, 2.75) is 39.0 Å². The van der Waals surface area contributed by atoms with Crippen molar-refractivity contribution >= 4 is 23.4 Å². The number of rotatable bonds is 4. The van der Waals surface area contributed by atoms with Crippen LogP contribution >= 0.6 is 11.6 Å². The Balaban J connectivity index is 1.46. The molecule has 0 aromatic heterocycles. The van der Waals surface area contributed by atoms with E-state index < -0.39 is 0 Å². The molecule has 0 amide bonds. The first-order chi connectivity index (χ1) is 16.9. The van der Waals surface area contributed by atoms with Crippen LogP contribution in [0.1, 0.15) is 50.2 Å². The zero-order valence-corrected chi connectivity index (χ0v) is 20.6. The summed E-state index contributed by atoms with van der Waals surface area (Å²) in [5.74, 6) is 4.65. The highest BCUT2D eigenvalue weighted by molar-refractivity contribution is 6.34. The van der Waals surface area contributed by atoms with Crippen molar-refractivity contribution in [3.05, 3.63) is 86.3 Å². The number of phenols is 1. The van der Waals surface area contributed by atoms with Gasteiger partial charge in [0.15, 0.2) is 0 Å². The second kappa shape index (κ2) is 9.33. The number of phenolic OH excluding ortho intramolecular Hbond substituents is 1. The summed E-state index contributed by atoms with van der Waals surface area (Å²) in [4.78, 5) is 3.27. The minimum Gasteiger partial charge on any atom is -0.506 e. The van der Waals surface area contributed by atoms with Gasteiger partial charge in [-0.15, -0.1) is 0 Å². The smallest absolute Gasteiger partial charge is 0.269 e. The van der Waals surface area contributed by atoms with Crippen molar-refractivity contribution in [3.8, 4) is 11.8 Å². The number of hydrogen-bond donors (Lipinski definition) is 1. The Labute approximate surface area is 211 Å². The van der Waals surface area contributed by atoms with Crippen molar-refractivity contribution < 1.29 is 14.6 Å². The Morgan fingerprint density at radius 2 is 1.86 bits per heavy atom. The van der Waals surface area contributed by atoms with Gasteiger partial charge in [-0.3, -0.25) is 0 Å². The zero-order chi connectivity index (χ0) is 24.7. The molecular formula is C29H27ClN2O3. The first-order valence-corrected chi connectivity index (χ1v) is 12.4. The molecule has 0 atom stereocenters. The maximum atomic E-state index is 10.9. The fourth-order valence-electron chi connectivity index (χ4n) is 6.54. The van der Waals surface area contributed by atoms with Gasteiger partial charge in [-0.1, -0.05) is 17.7 Å². The van der Waals surface area contributed by atoms with Gasteiger partial charge in [0.05, 0.1) is 24.8 Å². The van der Waals surface area contributed by atoms with Gasteiger partial charge in [-0.05, 0) is 104 Å². The first-order valence-electron chi connectivity index (χ1n) is 12.0. The molecule has 1 heterocycles. The minimum absolute atomic E-state index is 0.00119. The molecule has 4 saturated carbocycles. The highest BCUT2D eigenvalue weighted by atomic mass is 35.5. The molecule has 4 bridgehead atoms. The maximum Gasteiger partial charge on any atom is 0.269 e. The summed E-state index contributed by atoms with van der Waals surface area (Å²) in [5.41, 5.74) is 3.16. The number of halogens is 1. The molecule has 1 aromatic carbocycles. The molecule has 6 heteroatoms. The topological polar surface area (TPSA) is 66.8 Å². The van der Waals surface area contributed by atoms with E-state index in [-0.39, 0.29) is 16.5 Å². The van der Waals surface area contributed by atoms with E-state index in [2.05, 4.69) is 4.85 Å². The number of hydrogen-bond acceptors (Lipinski definition) is 4. The van der Waals surface area contributed by atoms with E-state index in [1.54, 1.807) is 38.3 Å². The Kier molecular flexibility index (Phi) is 6.22. The van der Waals surface area contributed by atoms with Crippen LogP contribution in [0, 0.1) is 41.6 Å². The predicted molar refractivity (Wildman–Crippen MR) is 135 cm³/mol. The number of aromatic hydroxyl groups is 1. The van der Waals surface area contributed by atoms with Crippen LogP contribution in [0.3, 0.4) is 0 Å². The molecule has 0 unspecified atom stereocenters. The van der Waals surface area contributed by atoms with Gasteiger partial charge < -0.3 is 14.6 Å². The molecule has 5 nitrogen and oxygen atoms in total. The van der Waals surface area contributed by atoms with E-state index in [4.69, 9.17) is 27.6 Å². The third kappa shape index (κ3) is 4.26. The average Bonchev–Trinajstić information content (AvgIpc) is 2.83. The molecule has 1 N–H and O–H groups in total. The molecule has 178 valence electrons. The number of ether oxygens (including phenoxy) is 2. The van der Waals surface area contributed by atoms with Crippen LogP contribution in [0.4, 0.5) is 0 Å². The average molecular weight is 487 g/mol. The predicted octanol–water partition coefficient (Wildman–Crippen LogP) is 7.39. The van der Waals surface area contributed by atoms with Gasteiger partial charge >= 0.3 is 0 Å². The maximum absolute atomic E-state index is 10.9. The second-order valence-corrected chi connectivity index (χ2v) is 10.3. The van der Waals surface area contributed by atoms with Gasteiger partial charge in [-0.25, -0.2) is 10.1 Å². The van der Waals surface area contributed by atoms with Crippen LogP contribution in [-0.4, -0.2) is 12.2 Å². The van der Waals surface area contributed by atoms with Crippen molar-refractivity contribution in [2.75, 3.05) is 7.11 Å². The van der Waals surface area contributed by atoms with Crippen LogP contribution in [-0.2, 0) is 9.47 Å². The number of benzene rings is 1. The summed E-state index contributed by atoms with van der Waals surface area (Å²) in [5, 5.41) is 20.4. The van der Waals surface area contributed by atoms with Crippen LogP contribution in [0.5, 0.6) is 5.75 Å². The summed E-state index contributed by atoms with van der Waals surface area (Å²) in [6.45, 7) is 8.94. The number of allylic oxidation sites excluding steroid dienone is 7. The van der Waals surface area contributed by atoms with E-state index in [0.29, 0.717) is 34.5 Å². The Bertz CT molecular complexity index is 1270. The molecule has 4 fully saturated rings. The quantitative estimate of drug-likeness (QED) is 0.274. The minimum atomic E-state index is -0.0160. The molecule has 35 heavy (non-hydrogen) atoms. The summed E-state index contributed by atoms with van der Waals surface area (Å²) in [6.07, 6.45) is 13.0. The van der Waals surface area contributed by atoms with Crippen molar-refractivity contribution in [2.24, 2.45) is 23.7 Å². The summed E-state index contributed by atoms with van der Waals surface area (Å²) in [7, 11) is 1.70. The fraction of sp³-hybridized carbons (Fsp3) is 0.379. The van der Waals surface area contributed by atoms with E-state index >= 15 is 0 Å². The number of methoxy groups -OCH3 is 1. The third-order valence-corrected chi connectivity index (χ3v) is 8.11. The summed E-state index contributed by atoms with van der Waals surface area (Å²) < 4.78 is 11.6. The lowest BCUT2D eigenvalue weighted by Crippen LogP contribution is -2.40. The van der Waals surface area contributed by atoms with E-state index in [1.807, 2.05) is 18.2 Å². The normalized spacial score (nSPS) is 28.1. The molecule has 0 spiro atoms. The number of nitrogens with zero attached hydrogens (tertiary/aromatic N) is 2. The molecular weight excluding hydrogens is 460 g/mol. The molecule has 6 rings (SSSR count). The number of nitriles is 1. The lowest BCUT2D eigenvalue weighted by atomic mass is 9.54. The van der Waals surface area contributed by atoms with Gasteiger partial charge in [0.2, 0.25) is 0 Å². The molecule has 0 radical (unpaired) electrons. The highest BCUT2D eigenvalue weighted by Gasteiger charge is 2.47. The van der Waals surface area contributed by atoms with Crippen molar-refractivity contribution in [1.29, 1.82) is 5.26 Å². The van der Waals surface area contributed by atoms with Crippen LogP contribution < -0.4 is 0 Å². The molecule has 1 aliphatic heterocycles. The van der Waals surface area contributed by atoms with E-state index in [1.165, 1.54) is 37.7 Å². The van der Waals surface area contributed by atoms with Crippen molar-refractivity contribution in [3.63, 3.8) is 0 Å². The molecule has 0 saturated heterocycles. The van der Waals surface area contributed by atoms with Crippen LogP contribution in [0.2, 0.25) is 5.02 Å². The lowest BCUT2D eigenvalue weighted by Gasteiger charge is -2.51. The zero-order valence-electron chi connectivity index (χ0n) is 19.8. The van der Waals surface area contributed by atoms with Gasteiger partial charge in [0.25, 0.3) is 5.70 Å². The summed E-state index contributed by atoms with van der Waals surface area (Å²) in [6, 6.07) is 5.64. The van der Waals surface area contributed by atoms with Crippen molar-refractivity contribution in [1.82, 2.24) is 0 Å². The van der Waals surface area contributed by atoms with Crippen LogP contribution in [0.15, 0.2) is 58.7 Å². The monoisotopic (exact) mass is 486 g/mol. The van der Waals surface area contributed by atoms with Gasteiger partial charge in [0.1, 0.15) is 23.0 Å². The van der Waals surface area contributed by atoms with Crippen LogP contribution in [0.25, 0.3) is 16.7 Å². The summed E-state index contributed by atoms with van der Waals surface area (Å²) >= 11 is 6.70. The molecule has 1 aromatic rings. The first kappa shape index (κ1) is 23.3. The molecule has 4 aliphatic carbocycles. The third-order valence-electron chi connectivity index (χ3n) is 7.73. The van der Waals surface area contributed by atoms with E-state index in [9.17, 15) is 10.4 Å². The largest absolute Gasteiger partial charge is 0.506 e. The SMILES string of the molecule is [C-]#[N+]/C(C#N)=C1\C=C(C)OC(/C=C/c2ccc(C(OC)=C3C4CC5CC(C4)CC3C5)c(Cl)c2O)=C1. The van der Waals surface area contributed by atoms with Gasteiger partial charge in [0, 0.05) is 11.1 Å². The Hall–Kier alpha value is -3.41. The van der Waals surface area contributed by atoms with E-state index in [0.717, 1.165) is 23.2 Å². The highest BCUT2D eigenvalue weighted by Crippen LogP contribution is 2.58. The lowest BCUT2D eigenvalue weighted by molar-refractivity contribution is 0.0675. The fourth-order valence-corrected chi connectivity index (χ4v) is 6.80. The Morgan fingerprint density at radius 1 is 1.17 bits per heavy atom. The van der Waals surface area contributed by atoms with Gasteiger partial charge in [-0.2, -0.15) is 0 Å². The Morgan fingerprint density at radius 3 is 2.46 bits per heavy atom. The second-order valence-electron chi connectivity index (χ2n) is 9.92. The standard InChI is InChI=1S/C29H27ClN2O3/c1-16-8-20(25(15-31)32-2)14-23(35-16)6-4-19-5-7-24(27(30)28(19)33)29(34-3)26-21-10-17-9-18(12-21)13-22(26)11-17/h4-8,14,17-18,21-22,33H,9-13H2,1,3H3/b6-4+,25-20+,29-26?. The molecule has 5 aliphatic rings.